The first-order valence-corrected chi connectivity index (χ1v) is 10.9. The number of allylic oxidation sites excluding steroid dienone is 5. The van der Waals surface area contributed by atoms with Gasteiger partial charge in [0.05, 0.1) is 13.3 Å². The smallest absolute Gasteiger partial charge is 0.243 e. The van der Waals surface area contributed by atoms with Gasteiger partial charge >= 0.3 is 0 Å². The van der Waals surface area contributed by atoms with Gasteiger partial charge in [-0.3, -0.25) is 9.78 Å². The molecule has 2 heterocycles. The molecule has 2 fully saturated rings. The van der Waals surface area contributed by atoms with E-state index in [0.717, 1.165) is 38.0 Å². The fourth-order valence-corrected chi connectivity index (χ4v) is 6.65. The lowest BCUT2D eigenvalue weighted by atomic mass is 9.49. The summed E-state index contributed by atoms with van der Waals surface area (Å²) >= 11 is 0. The van der Waals surface area contributed by atoms with Crippen LogP contribution in [0, 0.1) is 22.7 Å². The van der Waals surface area contributed by atoms with E-state index in [1.54, 1.807) is 18.9 Å². The number of aromatic nitrogens is 1. The highest BCUT2D eigenvalue weighted by molar-refractivity contribution is 5.89. The summed E-state index contributed by atoms with van der Waals surface area (Å²) in [6.07, 6.45) is 15.9. The fourth-order valence-electron chi connectivity index (χ4n) is 6.65. The quantitative estimate of drug-likeness (QED) is 0.797. The van der Waals surface area contributed by atoms with E-state index in [9.17, 15) is 4.79 Å². The highest BCUT2D eigenvalue weighted by atomic mass is 16.5. The van der Waals surface area contributed by atoms with Gasteiger partial charge in [-0.2, -0.15) is 0 Å². The minimum atomic E-state index is 0.0750. The van der Waals surface area contributed by atoms with Crippen LogP contribution in [0.25, 0.3) is 5.57 Å². The first-order valence-electron chi connectivity index (χ1n) is 10.9. The van der Waals surface area contributed by atoms with Gasteiger partial charge in [-0.05, 0) is 61.0 Å². The van der Waals surface area contributed by atoms with Gasteiger partial charge in [-0.1, -0.05) is 37.1 Å². The number of carbonyl (C=O) groups is 1. The molecule has 1 unspecified atom stereocenters. The zero-order chi connectivity index (χ0) is 20.2. The summed E-state index contributed by atoms with van der Waals surface area (Å²) in [4.78, 5) is 16.5. The molecule has 4 aliphatic rings. The topological polar surface area (TPSA) is 51.2 Å². The van der Waals surface area contributed by atoms with Crippen molar-refractivity contribution < 1.29 is 9.53 Å². The number of pyridine rings is 1. The molecule has 0 aromatic carbocycles. The van der Waals surface area contributed by atoms with Gasteiger partial charge in [0.2, 0.25) is 5.91 Å². The molecule has 0 radical (unpaired) electrons. The van der Waals surface area contributed by atoms with Crippen LogP contribution < -0.4 is 10.1 Å². The summed E-state index contributed by atoms with van der Waals surface area (Å²) in [5, 5.41) is 3.06. The molecule has 152 valence electrons. The molecule has 1 aliphatic heterocycles. The Morgan fingerprint density at radius 3 is 2.86 bits per heavy atom. The molecule has 4 nitrogen and oxygen atoms in total. The van der Waals surface area contributed by atoms with E-state index in [-0.39, 0.29) is 16.7 Å². The standard InChI is InChI=1S/C25H30N2O2/c1-24-10-11-27-23(28)13-17(24)4-5-19-21-7-6-20(25(21,2)9-8-22(19)24)16-12-18(29-3)15-26-14-16/h6-7,12-15,19,22H,4-5,8-11H2,1-3H3,(H,27,28)/t19-,22?,24-,25+/m0/s1. The van der Waals surface area contributed by atoms with Crippen LogP contribution in [-0.2, 0) is 4.79 Å². The van der Waals surface area contributed by atoms with E-state index in [4.69, 9.17) is 4.74 Å². The zero-order valence-electron chi connectivity index (χ0n) is 17.6. The number of methoxy groups -OCH3 is 1. The third-order valence-corrected chi connectivity index (χ3v) is 8.29. The van der Waals surface area contributed by atoms with Gasteiger partial charge in [-0.15, -0.1) is 0 Å². The van der Waals surface area contributed by atoms with Gasteiger partial charge in [0.25, 0.3) is 0 Å². The molecular weight excluding hydrogens is 360 g/mol. The third kappa shape index (κ3) is 2.72. The van der Waals surface area contributed by atoms with Gasteiger partial charge in [0, 0.05) is 29.8 Å². The molecule has 1 amide bonds. The molecular formula is C25H30N2O2. The molecule has 29 heavy (non-hydrogen) atoms. The van der Waals surface area contributed by atoms with Gasteiger partial charge in [0.15, 0.2) is 0 Å². The lowest BCUT2D eigenvalue weighted by molar-refractivity contribution is -0.116. The Morgan fingerprint density at radius 1 is 1.17 bits per heavy atom. The summed E-state index contributed by atoms with van der Waals surface area (Å²) in [7, 11) is 1.70. The lowest BCUT2D eigenvalue weighted by Gasteiger charge is -2.55. The SMILES string of the molecule is COc1cncc(C2=CC=C3[C@@H]4CCC5=CC(=O)NCC[C@]5(C)C4CC[C@]23C)c1. The maximum Gasteiger partial charge on any atom is 0.243 e. The van der Waals surface area contributed by atoms with E-state index >= 15 is 0 Å². The number of nitrogens with one attached hydrogen (secondary N) is 1. The molecule has 1 aromatic rings. The first kappa shape index (κ1) is 18.7. The largest absolute Gasteiger partial charge is 0.495 e. The Bertz CT molecular complexity index is 959. The summed E-state index contributed by atoms with van der Waals surface area (Å²) in [6.45, 7) is 5.61. The van der Waals surface area contributed by atoms with Crippen molar-refractivity contribution in [3.63, 3.8) is 0 Å². The van der Waals surface area contributed by atoms with Gasteiger partial charge in [-0.25, -0.2) is 0 Å². The normalized spacial score (nSPS) is 35.8. The Labute approximate surface area is 173 Å². The third-order valence-electron chi connectivity index (χ3n) is 8.29. The summed E-state index contributed by atoms with van der Waals surface area (Å²) in [5.74, 6) is 2.12. The summed E-state index contributed by atoms with van der Waals surface area (Å²) in [5.41, 5.74) is 5.72. The zero-order valence-corrected chi connectivity index (χ0v) is 17.6. The van der Waals surface area contributed by atoms with Gasteiger partial charge < -0.3 is 10.1 Å². The fraction of sp³-hybridized carbons (Fsp3) is 0.520. The van der Waals surface area contributed by atoms with Crippen LogP contribution in [0.15, 0.2) is 47.8 Å². The molecule has 3 aliphatic carbocycles. The lowest BCUT2D eigenvalue weighted by Crippen LogP contribution is -2.46. The van der Waals surface area contributed by atoms with Crippen molar-refractivity contribution in [3.8, 4) is 5.75 Å². The van der Waals surface area contributed by atoms with Crippen molar-refractivity contribution in [1.82, 2.24) is 10.3 Å². The number of rotatable bonds is 2. The van der Waals surface area contributed by atoms with Crippen molar-refractivity contribution in [3.05, 3.63) is 53.4 Å². The molecule has 4 heteroatoms. The predicted molar refractivity (Wildman–Crippen MR) is 114 cm³/mol. The first-order chi connectivity index (χ1) is 14.0. The number of nitrogens with zero attached hydrogens (tertiary/aromatic N) is 1. The van der Waals surface area contributed by atoms with Crippen molar-refractivity contribution in [1.29, 1.82) is 0 Å². The van der Waals surface area contributed by atoms with Crippen LogP contribution in [0.2, 0.25) is 0 Å². The Hall–Kier alpha value is -2.36. The van der Waals surface area contributed by atoms with Crippen molar-refractivity contribution in [2.45, 2.75) is 46.0 Å². The van der Waals surface area contributed by atoms with E-state index in [0.29, 0.717) is 11.8 Å². The minimum Gasteiger partial charge on any atom is -0.495 e. The van der Waals surface area contributed by atoms with Gasteiger partial charge in [0.1, 0.15) is 5.75 Å². The Morgan fingerprint density at radius 2 is 2.03 bits per heavy atom. The number of hydrogen-bond donors (Lipinski definition) is 1. The van der Waals surface area contributed by atoms with E-state index in [2.05, 4.69) is 42.4 Å². The van der Waals surface area contributed by atoms with E-state index in [1.165, 1.54) is 23.1 Å². The molecule has 1 aromatic heterocycles. The average Bonchev–Trinajstić information content (AvgIpc) is 2.99. The Balaban J connectivity index is 1.48. The maximum absolute atomic E-state index is 12.1. The number of ether oxygens (including phenoxy) is 1. The van der Waals surface area contributed by atoms with Crippen LogP contribution in [0.4, 0.5) is 0 Å². The summed E-state index contributed by atoms with van der Waals surface area (Å²) < 4.78 is 5.42. The molecule has 4 atom stereocenters. The monoisotopic (exact) mass is 390 g/mol. The summed E-state index contributed by atoms with van der Waals surface area (Å²) in [6, 6.07) is 2.11. The Kier molecular flexibility index (Phi) is 4.23. The molecule has 2 saturated carbocycles. The van der Waals surface area contributed by atoms with Crippen LogP contribution in [0.1, 0.15) is 51.5 Å². The number of hydrogen-bond acceptors (Lipinski definition) is 3. The molecule has 0 saturated heterocycles. The molecule has 0 bridgehead atoms. The molecule has 1 N–H and O–H groups in total. The van der Waals surface area contributed by atoms with Crippen molar-refractivity contribution in [2.24, 2.45) is 22.7 Å². The second-order valence-electron chi connectivity index (χ2n) is 9.57. The molecule has 5 rings (SSSR count). The predicted octanol–water partition coefficient (Wildman–Crippen LogP) is 4.69. The van der Waals surface area contributed by atoms with Crippen LogP contribution in [0.5, 0.6) is 5.75 Å². The highest BCUT2D eigenvalue weighted by Gasteiger charge is 2.54. The average molecular weight is 391 g/mol. The van der Waals surface area contributed by atoms with Crippen molar-refractivity contribution in [2.75, 3.05) is 13.7 Å². The second kappa shape index (κ2) is 6.58. The van der Waals surface area contributed by atoms with E-state index < -0.39 is 0 Å². The van der Waals surface area contributed by atoms with Crippen molar-refractivity contribution >= 4 is 11.5 Å². The second-order valence-corrected chi connectivity index (χ2v) is 9.57. The van der Waals surface area contributed by atoms with Crippen LogP contribution >= 0.6 is 0 Å². The molecule has 0 spiro atoms. The maximum atomic E-state index is 12.1. The number of fused-ring (bicyclic) bond motifs is 5. The van der Waals surface area contributed by atoms with Crippen LogP contribution in [-0.4, -0.2) is 24.5 Å². The minimum absolute atomic E-state index is 0.0750. The number of carbonyl (C=O) groups excluding carboxylic acids is 1. The highest BCUT2D eigenvalue weighted by Crippen LogP contribution is 2.64. The number of amides is 1. The van der Waals surface area contributed by atoms with Crippen LogP contribution in [0.3, 0.4) is 0 Å². The van der Waals surface area contributed by atoms with E-state index in [1.807, 2.05) is 12.3 Å².